The summed E-state index contributed by atoms with van der Waals surface area (Å²) in [5.41, 5.74) is 0. The fourth-order valence-corrected chi connectivity index (χ4v) is 3.19. The van der Waals surface area contributed by atoms with Gasteiger partial charge in [-0.15, -0.1) is 11.3 Å². The highest BCUT2D eigenvalue weighted by Gasteiger charge is 2.11. The van der Waals surface area contributed by atoms with E-state index in [1.54, 1.807) is 12.1 Å². The summed E-state index contributed by atoms with van der Waals surface area (Å²) in [7, 11) is 0. The second-order valence-corrected chi connectivity index (χ2v) is 7.05. The standard InChI is InChI=1S/C11H15BrClNOS/c1-7(2)5-8(12)6-14-11(15)9-3-4-10(13)16-9/h3-4,7-8H,5-6H2,1-2H3,(H,14,15). The first-order valence-electron chi connectivity index (χ1n) is 5.16. The monoisotopic (exact) mass is 323 g/mol. The predicted molar refractivity (Wildman–Crippen MR) is 73.8 cm³/mol. The SMILES string of the molecule is CC(C)CC(Br)CNC(=O)c1ccc(Cl)s1. The molecule has 1 rings (SSSR count). The average Bonchev–Trinajstić information content (AvgIpc) is 2.60. The highest BCUT2D eigenvalue weighted by Crippen LogP contribution is 2.21. The molecule has 2 nitrogen and oxygen atoms in total. The molecule has 0 aliphatic heterocycles. The van der Waals surface area contributed by atoms with E-state index in [2.05, 4.69) is 35.1 Å². The number of thiophene rings is 1. The van der Waals surface area contributed by atoms with Crippen molar-refractivity contribution < 1.29 is 4.79 Å². The van der Waals surface area contributed by atoms with Crippen molar-refractivity contribution in [1.82, 2.24) is 5.32 Å². The van der Waals surface area contributed by atoms with Gasteiger partial charge in [-0.3, -0.25) is 4.79 Å². The molecule has 0 bridgehead atoms. The zero-order valence-corrected chi connectivity index (χ0v) is 12.5. The molecule has 1 N–H and O–H groups in total. The van der Waals surface area contributed by atoms with Crippen LogP contribution in [0.4, 0.5) is 0 Å². The molecule has 0 saturated carbocycles. The number of hydrogen-bond donors (Lipinski definition) is 1. The molecule has 0 fully saturated rings. The molecule has 1 amide bonds. The first-order valence-corrected chi connectivity index (χ1v) is 7.27. The van der Waals surface area contributed by atoms with Gasteiger partial charge in [0.25, 0.3) is 5.91 Å². The van der Waals surface area contributed by atoms with Crippen LogP contribution in [-0.2, 0) is 0 Å². The predicted octanol–water partition coefficient (Wildman–Crippen LogP) is 3.94. The van der Waals surface area contributed by atoms with Gasteiger partial charge in [0, 0.05) is 11.4 Å². The fourth-order valence-electron chi connectivity index (χ4n) is 1.32. The molecule has 16 heavy (non-hydrogen) atoms. The molecule has 0 aliphatic carbocycles. The van der Waals surface area contributed by atoms with Crippen LogP contribution < -0.4 is 5.32 Å². The molecular weight excluding hydrogens is 310 g/mol. The smallest absolute Gasteiger partial charge is 0.261 e. The maximum atomic E-state index is 11.7. The lowest BCUT2D eigenvalue weighted by Gasteiger charge is -2.12. The molecule has 0 aromatic carbocycles. The second kappa shape index (κ2) is 6.62. The van der Waals surface area contributed by atoms with Gasteiger partial charge in [-0.2, -0.15) is 0 Å². The van der Waals surface area contributed by atoms with Crippen LogP contribution in [0.3, 0.4) is 0 Å². The van der Waals surface area contributed by atoms with Crippen LogP contribution in [0, 0.1) is 5.92 Å². The molecule has 1 unspecified atom stereocenters. The molecule has 1 aromatic heterocycles. The van der Waals surface area contributed by atoms with E-state index in [1.165, 1.54) is 11.3 Å². The Labute approximate surface area is 114 Å². The Balaban J connectivity index is 2.35. The van der Waals surface area contributed by atoms with E-state index in [0.717, 1.165) is 6.42 Å². The molecule has 90 valence electrons. The molecule has 0 saturated heterocycles. The van der Waals surface area contributed by atoms with Crippen LogP contribution in [0.1, 0.15) is 29.9 Å². The molecule has 0 radical (unpaired) electrons. The summed E-state index contributed by atoms with van der Waals surface area (Å²) < 4.78 is 0.641. The fraction of sp³-hybridized carbons (Fsp3) is 0.545. The summed E-state index contributed by atoms with van der Waals surface area (Å²) in [6, 6.07) is 3.48. The summed E-state index contributed by atoms with van der Waals surface area (Å²) in [5, 5.41) is 2.88. The molecule has 1 heterocycles. The van der Waals surface area contributed by atoms with Crippen molar-refractivity contribution in [1.29, 1.82) is 0 Å². The van der Waals surface area contributed by atoms with Gasteiger partial charge in [0.2, 0.25) is 0 Å². The van der Waals surface area contributed by atoms with Gasteiger partial charge in [-0.25, -0.2) is 0 Å². The number of carbonyl (C=O) groups is 1. The van der Waals surface area contributed by atoms with Gasteiger partial charge in [0.1, 0.15) is 0 Å². The number of alkyl halides is 1. The Kier molecular flexibility index (Phi) is 5.79. The van der Waals surface area contributed by atoms with Crippen molar-refractivity contribution in [3.05, 3.63) is 21.3 Å². The van der Waals surface area contributed by atoms with Gasteiger partial charge < -0.3 is 5.32 Å². The number of amides is 1. The lowest BCUT2D eigenvalue weighted by atomic mass is 10.1. The van der Waals surface area contributed by atoms with Gasteiger partial charge in [0.15, 0.2) is 0 Å². The van der Waals surface area contributed by atoms with Crippen molar-refractivity contribution in [3.63, 3.8) is 0 Å². The molecular formula is C11H15BrClNOS. The molecule has 5 heteroatoms. The lowest BCUT2D eigenvalue weighted by Crippen LogP contribution is -2.29. The first kappa shape index (κ1) is 14.0. The first-order chi connectivity index (χ1) is 7.49. The normalized spacial score (nSPS) is 12.8. The number of rotatable bonds is 5. The Hall–Kier alpha value is -0.0600. The van der Waals surface area contributed by atoms with E-state index in [1.807, 2.05) is 0 Å². The van der Waals surface area contributed by atoms with Crippen molar-refractivity contribution in [2.75, 3.05) is 6.54 Å². The Morgan fingerprint density at radius 1 is 1.56 bits per heavy atom. The topological polar surface area (TPSA) is 29.1 Å². The van der Waals surface area contributed by atoms with Crippen molar-refractivity contribution in [3.8, 4) is 0 Å². The summed E-state index contributed by atoms with van der Waals surface area (Å²) in [6.07, 6.45) is 1.05. The minimum Gasteiger partial charge on any atom is -0.350 e. The van der Waals surface area contributed by atoms with Crippen LogP contribution >= 0.6 is 38.9 Å². The Morgan fingerprint density at radius 2 is 2.25 bits per heavy atom. The van der Waals surface area contributed by atoms with Gasteiger partial charge in [-0.05, 0) is 24.5 Å². The van der Waals surface area contributed by atoms with E-state index in [4.69, 9.17) is 11.6 Å². The number of nitrogens with one attached hydrogen (secondary N) is 1. The summed E-state index contributed by atoms with van der Waals surface area (Å²) in [6.45, 7) is 4.97. The van der Waals surface area contributed by atoms with Gasteiger partial charge >= 0.3 is 0 Å². The van der Waals surface area contributed by atoms with Crippen LogP contribution in [0.25, 0.3) is 0 Å². The summed E-state index contributed by atoms with van der Waals surface area (Å²) >= 11 is 10.6. The summed E-state index contributed by atoms with van der Waals surface area (Å²) in [5.74, 6) is 0.572. The third-order valence-corrected chi connectivity index (χ3v) is 3.94. The van der Waals surface area contributed by atoms with Crippen molar-refractivity contribution in [2.45, 2.75) is 25.1 Å². The van der Waals surface area contributed by atoms with Crippen molar-refractivity contribution >= 4 is 44.8 Å². The van der Waals surface area contributed by atoms with Crippen LogP contribution in [-0.4, -0.2) is 17.3 Å². The second-order valence-electron chi connectivity index (χ2n) is 4.04. The minimum absolute atomic E-state index is 0.0508. The third kappa shape index (κ3) is 4.85. The van der Waals surface area contributed by atoms with Crippen LogP contribution in [0.5, 0.6) is 0 Å². The zero-order valence-electron chi connectivity index (χ0n) is 9.30. The minimum atomic E-state index is -0.0508. The van der Waals surface area contributed by atoms with E-state index in [9.17, 15) is 4.79 Å². The van der Waals surface area contributed by atoms with E-state index in [0.29, 0.717) is 26.5 Å². The van der Waals surface area contributed by atoms with Gasteiger partial charge in [0.05, 0.1) is 9.21 Å². The Bertz CT molecular complexity index is 354. The number of carbonyl (C=O) groups excluding carboxylic acids is 1. The summed E-state index contributed by atoms with van der Waals surface area (Å²) in [4.78, 5) is 12.7. The largest absolute Gasteiger partial charge is 0.350 e. The molecule has 0 spiro atoms. The zero-order chi connectivity index (χ0) is 12.1. The molecule has 1 atom stereocenters. The highest BCUT2D eigenvalue weighted by molar-refractivity contribution is 9.09. The van der Waals surface area contributed by atoms with Crippen LogP contribution in [0.2, 0.25) is 4.34 Å². The maximum Gasteiger partial charge on any atom is 0.261 e. The van der Waals surface area contributed by atoms with E-state index in [-0.39, 0.29) is 5.91 Å². The van der Waals surface area contributed by atoms with Crippen molar-refractivity contribution in [2.24, 2.45) is 5.92 Å². The number of halogens is 2. The maximum absolute atomic E-state index is 11.7. The van der Waals surface area contributed by atoms with E-state index < -0.39 is 0 Å². The van der Waals surface area contributed by atoms with Crippen LogP contribution in [0.15, 0.2) is 12.1 Å². The van der Waals surface area contributed by atoms with E-state index >= 15 is 0 Å². The average molecular weight is 325 g/mol. The molecule has 1 aromatic rings. The van der Waals surface area contributed by atoms with Gasteiger partial charge in [-0.1, -0.05) is 41.4 Å². The highest BCUT2D eigenvalue weighted by atomic mass is 79.9. The Morgan fingerprint density at radius 3 is 2.75 bits per heavy atom. The third-order valence-electron chi connectivity index (χ3n) is 2.01. The number of hydrogen-bond acceptors (Lipinski definition) is 2. The lowest BCUT2D eigenvalue weighted by molar-refractivity contribution is 0.0957. The molecule has 0 aliphatic rings. The quantitative estimate of drug-likeness (QED) is 0.817.